The Morgan fingerprint density at radius 3 is 2.89 bits per heavy atom. The third-order valence-electron chi connectivity index (χ3n) is 3.32. The zero-order valence-electron chi connectivity index (χ0n) is 10.2. The Bertz CT molecular complexity index is 734. The highest BCUT2D eigenvalue weighted by Gasteiger charge is 2.20. The van der Waals surface area contributed by atoms with Crippen LogP contribution >= 0.6 is 0 Å². The Morgan fingerprint density at radius 1 is 1.11 bits per heavy atom. The first kappa shape index (κ1) is 10.7. The monoisotopic (exact) mass is 256 g/mol. The lowest BCUT2D eigenvalue weighted by molar-refractivity contribution is 0.122. The van der Waals surface area contributed by atoms with Crippen molar-refractivity contribution in [2.24, 2.45) is 0 Å². The van der Waals surface area contributed by atoms with Gasteiger partial charge in [-0.2, -0.15) is 0 Å². The van der Waals surface area contributed by atoms with Crippen LogP contribution in [-0.2, 0) is 4.74 Å². The molecule has 0 unspecified atom stereocenters. The molecule has 0 spiro atoms. The summed E-state index contributed by atoms with van der Waals surface area (Å²) < 4.78 is 11.2. The molecule has 6 nitrogen and oxygen atoms in total. The second-order valence-corrected chi connectivity index (χ2v) is 4.43. The molecule has 0 amide bonds. The first-order chi connectivity index (χ1) is 9.43. The highest BCUT2D eigenvalue weighted by molar-refractivity contribution is 6.04. The lowest BCUT2D eigenvalue weighted by Gasteiger charge is -2.27. The molecule has 19 heavy (non-hydrogen) atoms. The Kier molecular flexibility index (Phi) is 2.34. The minimum absolute atomic E-state index is 0.604. The summed E-state index contributed by atoms with van der Waals surface area (Å²) >= 11 is 0. The topological polar surface area (TPSA) is 64.3 Å². The molecule has 0 bridgehead atoms. The molecule has 1 saturated heterocycles. The number of hydrogen-bond acceptors (Lipinski definition) is 6. The summed E-state index contributed by atoms with van der Waals surface area (Å²) in [5.41, 5.74) is 2.13. The van der Waals surface area contributed by atoms with Gasteiger partial charge in [-0.3, -0.25) is 0 Å². The van der Waals surface area contributed by atoms with Crippen LogP contribution in [0.2, 0.25) is 0 Å². The van der Waals surface area contributed by atoms with E-state index in [-0.39, 0.29) is 0 Å². The SMILES string of the molecule is c1cnc2oc3c(N4CCOCC4)ncnc3c2c1. The van der Waals surface area contributed by atoms with Gasteiger partial charge in [0.05, 0.1) is 18.6 Å². The predicted octanol–water partition coefficient (Wildman–Crippen LogP) is 1.61. The van der Waals surface area contributed by atoms with Crippen molar-refractivity contribution in [1.29, 1.82) is 0 Å². The van der Waals surface area contributed by atoms with Crippen LogP contribution in [-0.4, -0.2) is 41.3 Å². The number of furan rings is 1. The molecular weight excluding hydrogens is 244 g/mol. The highest BCUT2D eigenvalue weighted by Crippen LogP contribution is 2.31. The number of anilines is 1. The van der Waals surface area contributed by atoms with E-state index in [0.29, 0.717) is 24.5 Å². The molecule has 4 heterocycles. The Labute approximate surface area is 109 Å². The van der Waals surface area contributed by atoms with Crippen LogP contribution in [0.5, 0.6) is 0 Å². The maximum Gasteiger partial charge on any atom is 0.229 e. The van der Waals surface area contributed by atoms with Crippen LogP contribution < -0.4 is 4.90 Å². The Hall–Kier alpha value is -2.21. The van der Waals surface area contributed by atoms with Crippen molar-refractivity contribution >= 4 is 28.0 Å². The average molecular weight is 256 g/mol. The first-order valence-electron chi connectivity index (χ1n) is 6.24. The van der Waals surface area contributed by atoms with Gasteiger partial charge >= 0.3 is 0 Å². The van der Waals surface area contributed by atoms with Crippen LogP contribution in [0.4, 0.5) is 5.82 Å². The Morgan fingerprint density at radius 2 is 2.00 bits per heavy atom. The summed E-state index contributed by atoms with van der Waals surface area (Å²) in [7, 11) is 0. The molecule has 0 atom stereocenters. The molecule has 3 aromatic heterocycles. The van der Waals surface area contributed by atoms with Crippen molar-refractivity contribution in [1.82, 2.24) is 15.0 Å². The van der Waals surface area contributed by atoms with Gasteiger partial charge < -0.3 is 14.1 Å². The molecular formula is C13H12N4O2. The van der Waals surface area contributed by atoms with Gasteiger partial charge in [-0.05, 0) is 12.1 Å². The van der Waals surface area contributed by atoms with Gasteiger partial charge in [-0.25, -0.2) is 15.0 Å². The minimum atomic E-state index is 0.604. The summed E-state index contributed by atoms with van der Waals surface area (Å²) in [5.74, 6) is 0.825. The van der Waals surface area contributed by atoms with Gasteiger partial charge in [0.15, 0.2) is 11.4 Å². The van der Waals surface area contributed by atoms with Crippen molar-refractivity contribution in [3.8, 4) is 0 Å². The fourth-order valence-electron chi connectivity index (χ4n) is 2.40. The van der Waals surface area contributed by atoms with Crippen LogP contribution in [0.1, 0.15) is 0 Å². The second-order valence-electron chi connectivity index (χ2n) is 4.43. The van der Waals surface area contributed by atoms with Gasteiger partial charge in [-0.15, -0.1) is 0 Å². The number of fused-ring (bicyclic) bond motifs is 3. The lowest BCUT2D eigenvalue weighted by atomic mass is 10.3. The van der Waals surface area contributed by atoms with Crippen molar-refractivity contribution in [2.75, 3.05) is 31.2 Å². The van der Waals surface area contributed by atoms with E-state index in [1.54, 1.807) is 12.5 Å². The third-order valence-corrected chi connectivity index (χ3v) is 3.32. The van der Waals surface area contributed by atoms with E-state index in [1.807, 2.05) is 12.1 Å². The zero-order valence-corrected chi connectivity index (χ0v) is 10.2. The van der Waals surface area contributed by atoms with E-state index < -0.39 is 0 Å². The summed E-state index contributed by atoms with van der Waals surface area (Å²) in [4.78, 5) is 15.1. The van der Waals surface area contributed by atoms with Crippen LogP contribution in [0.15, 0.2) is 29.1 Å². The number of pyridine rings is 1. The van der Waals surface area contributed by atoms with Gasteiger partial charge in [0.2, 0.25) is 5.71 Å². The van der Waals surface area contributed by atoms with Crippen LogP contribution in [0, 0.1) is 0 Å². The summed E-state index contributed by atoms with van der Waals surface area (Å²) in [6.07, 6.45) is 3.29. The number of morpholine rings is 1. The molecule has 3 aromatic rings. The molecule has 0 N–H and O–H groups in total. The molecule has 0 radical (unpaired) electrons. The normalized spacial score (nSPS) is 16.3. The first-order valence-corrected chi connectivity index (χ1v) is 6.24. The van der Waals surface area contributed by atoms with Gasteiger partial charge in [0.1, 0.15) is 11.8 Å². The number of nitrogens with zero attached hydrogens (tertiary/aromatic N) is 4. The average Bonchev–Trinajstić information content (AvgIpc) is 2.87. The molecule has 1 aliphatic rings. The van der Waals surface area contributed by atoms with Crippen molar-refractivity contribution in [3.05, 3.63) is 24.7 Å². The van der Waals surface area contributed by atoms with Gasteiger partial charge in [-0.1, -0.05) is 0 Å². The summed E-state index contributed by atoms with van der Waals surface area (Å²) in [5, 5.41) is 0.925. The molecule has 0 aliphatic carbocycles. The van der Waals surface area contributed by atoms with Gasteiger partial charge in [0, 0.05) is 19.3 Å². The zero-order chi connectivity index (χ0) is 12.7. The second kappa shape index (κ2) is 4.17. The third kappa shape index (κ3) is 1.64. The number of rotatable bonds is 1. The fraction of sp³-hybridized carbons (Fsp3) is 0.308. The van der Waals surface area contributed by atoms with E-state index >= 15 is 0 Å². The van der Waals surface area contributed by atoms with E-state index in [2.05, 4.69) is 19.9 Å². The smallest absolute Gasteiger partial charge is 0.229 e. The quantitative estimate of drug-likeness (QED) is 0.659. The number of aromatic nitrogens is 3. The van der Waals surface area contributed by atoms with E-state index in [4.69, 9.17) is 9.15 Å². The highest BCUT2D eigenvalue weighted by atomic mass is 16.5. The van der Waals surface area contributed by atoms with Crippen molar-refractivity contribution in [3.63, 3.8) is 0 Å². The maximum atomic E-state index is 5.82. The molecule has 1 fully saturated rings. The Balaban J connectivity index is 1.95. The molecule has 6 heteroatoms. The van der Waals surface area contributed by atoms with Crippen LogP contribution in [0.25, 0.3) is 22.2 Å². The van der Waals surface area contributed by atoms with E-state index in [1.165, 1.54) is 0 Å². The summed E-state index contributed by atoms with van der Waals surface area (Å²) in [6, 6.07) is 3.85. The number of hydrogen-bond donors (Lipinski definition) is 0. The largest absolute Gasteiger partial charge is 0.432 e. The molecule has 4 rings (SSSR count). The maximum absolute atomic E-state index is 5.82. The van der Waals surface area contributed by atoms with Crippen molar-refractivity contribution < 1.29 is 9.15 Å². The van der Waals surface area contributed by atoms with Gasteiger partial charge in [0.25, 0.3) is 0 Å². The lowest BCUT2D eigenvalue weighted by Crippen LogP contribution is -2.36. The van der Waals surface area contributed by atoms with E-state index in [9.17, 15) is 0 Å². The molecule has 96 valence electrons. The minimum Gasteiger partial charge on any atom is -0.432 e. The standard InChI is InChI=1S/C13H12N4O2/c1-2-9-10-11(19-13(9)14-3-1)12(16-8-15-10)17-4-6-18-7-5-17/h1-3,8H,4-7H2. The summed E-state index contributed by atoms with van der Waals surface area (Å²) in [6.45, 7) is 3.06. The van der Waals surface area contributed by atoms with Crippen LogP contribution in [0.3, 0.4) is 0 Å². The molecule has 1 aliphatic heterocycles. The molecule has 0 aromatic carbocycles. The van der Waals surface area contributed by atoms with Crippen molar-refractivity contribution in [2.45, 2.75) is 0 Å². The fourth-order valence-corrected chi connectivity index (χ4v) is 2.40. The molecule has 0 saturated carbocycles. The number of ether oxygens (including phenoxy) is 1. The predicted molar refractivity (Wildman–Crippen MR) is 70.1 cm³/mol. The van der Waals surface area contributed by atoms with E-state index in [0.717, 1.165) is 29.8 Å².